The van der Waals surface area contributed by atoms with Gasteiger partial charge in [0.05, 0.1) is 0 Å². The molecule has 4 nitrogen and oxygen atoms in total. The number of nitrogens with one attached hydrogen (secondary N) is 2. The van der Waals surface area contributed by atoms with Gasteiger partial charge in [0, 0.05) is 29.8 Å². The van der Waals surface area contributed by atoms with Gasteiger partial charge in [0.15, 0.2) is 0 Å². The van der Waals surface area contributed by atoms with Crippen LogP contribution in [0.4, 0.5) is 11.6 Å². The maximum atomic E-state index is 4.71. The summed E-state index contributed by atoms with van der Waals surface area (Å²) in [6.45, 7) is 11.7. The number of anilines is 2. The molecule has 0 aliphatic rings. The maximum Gasteiger partial charge on any atom is 0.138 e. The molecule has 1 unspecified atom stereocenters. The molecule has 0 aliphatic carbocycles. The van der Waals surface area contributed by atoms with Crippen LogP contribution in [0.3, 0.4) is 0 Å². The summed E-state index contributed by atoms with van der Waals surface area (Å²) in [6.07, 6.45) is 4.31. The Kier molecular flexibility index (Phi) is 7.29. The van der Waals surface area contributed by atoms with Gasteiger partial charge in [-0.2, -0.15) is 11.8 Å². The summed E-state index contributed by atoms with van der Waals surface area (Å²) in [5.41, 5.74) is -0.0540. The lowest BCUT2D eigenvalue weighted by atomic mass is 9.96. The minimum absolute atomic E-state index is 0.0540. The van der Waals surface area contributed by atoms with Gasteiger partial charge >= 0.3 is 0 Å². The molecule has 1 heterocycles. The zero-order chi connectivity index (χ0) is 15.9. The Labute approximate surface area is 133 Å². The van der Waals surface area contributed by atoms with Gasteiger partial charge in [-0.1, -0.05) is 34.6 Å². The first-order valence-electron chi connectivity index (χ1n) is 7.79. The first-order valence-corrected chi connectivity index (χ1v) is 9.19. The fraction of sp³-hybridized carbons (Fsp3) is 0.750. The Balaban J connectivity index is 3.00. The van der Waals surface area contributed by atoms with Gasteiger partial charge in [-0.3, -0.25) is 0 Å². The number of hydrogen-bond acceptors (Lipinski definition) is 5. The number of nitrogens with zero attached hydrogens (tertiary/aromatic N) is 2. The first-order chi connectivity index (χ1) is 9.90. The van der Waals surface area contributed by atoms with Gasteiger partial charge in [-0.15, -0.1) is 0 Å². The van der Waals surface area contributed by atoms with E-state index in [1.807, 2.05) is 17.8 Å². The van der Waals surface area contributed by atoms with Crippen molar-refractivity contribution in [1.82, 2.24) is 9.97 Å². The lowest BCUT2D eigenvalue weighted by Crippen LogP contribution is -2.24. The zero-order valence-corrected chi connectivity index (χ0v) is 15.1. The molecule has 0 saturated carbocycles. The van der Waals surface area contributed by atoms with Crippen molar-refractivity contribution < 1.29 is 0 Å². The predicted octanol–water partition coefficient (Wildman–Crippen LogP) is 4.15. The zero-order valence-electron chi connectivity index (χ0n) is 14.3. The van der Waals surface area contributed by atoms with Gasteiger partial charge in [0.2, 0.25) is 0 Å². The first kappa shape index (κ1) is 18.1. The maximum absolute atomic E-state index is 4.71. The van der Waals surface area contributed by atoms with Crippen molar-refractivity contribution in [3.63, 3.8) is 0 Å². The van der Waals surface area contributed by atoms with E-state index in [1.54, 1.807) is 0 Å². The summed E-state index contributed by atoms with van der Waals surface area (Å²) in [5.74, 6) is 3.81. The van der Waals surface area contributed by atoms with Crippen molar-refractivity contribution in [2.75, 3.05) is 29.2 Å². The third-order valence-electron chi connectivity index (χ3n) is 3.17. The topological polar surface area (TPSA) is 49.8 Å². The molecule has 1 atom stereocenters. The summed E-state index contributed by atoms with van der Waals surface area (Å²) < 4.78 is 0. The fourth-order valence-corrected chi connectivity index (χ4v) is 2.59. The van der Waals surface area contributed by atoms with E-state index in [2.05, 4.69) is 56.5 Å². The number of hydrogen-bond donors (Lipinski definition) is 2. The van der Waals surface area contributed by atoms with Crippen molar-refractivity contribution in [1.29, 1.82) is 0 Å². The Bertz CT molecular complexity index is 429. The molecule has 1 rings (SSSR count). The van der Waals surface area contributed by atoms with E-state index in [0.29, 0.717) is 6.04 Å². The summed E-state index contributed by atoms with van der Waals surface area (Å²) in [7, 11) is 0. The average molecular weight is 311 g/mol. The van der Waals surface area contributed by atoms with Crippen molar-refractivity contribution in [3.05, 3.63) is 11.9 Å². The second-order valence-electron chi connectivity index (χ2n) is 6.34. The summed E-state index contributed by atoms with van der Waals surface area (Å²) in [5, 5.41) is 6.92. The average Bonchev–Trinajstić information content (AvgIpc) is 2.43. The highest BCUT2D eigenvalue weighted by molar-refractivity contribution is 7.98. The number of rotatable bonds is 8. The molecule has 0 saturated heterocycles. The summed E-state index contributed by atoms with van der Waals surface area (Å²) >= 11 is 1.86. The number of aromatic nitrogens is 2. The van der Waals surface area contributed by atoms with Gasteiger partial charge < -0.3 is 10.6 Å². The molecule has 0 fully saturated rings. The molecule has 0 spiro atoms. The van der Waals surface area contributed by atoms with Crippen molar-refractivity contribution in [3.8, 4) is 0 Å². The third kappa shape index (κ3) is 6.12. The van der Waals surface area contributed by atoms with Crippen LogP contribution in [0.1, 0.15) is 53.3 Å². The molecule has 120 valence electrons. The SMILES string of the molecule is CCCNc1cc(NC(CC)CSC)nc(C(C)(C)C)n1. The molecular weight excluding hydrogens is 280 g/mol. The highest BCUT2D eigenvalue weighted by Crippen LogP contribution is 2.23. The lowest BCUT2D eigenvalue weighted by molar-refractivity contribution is 0.546. The van der Waals surface area contributed by atoms with E-state index in [-0.39, 0.29) is 5.41 Å². The van der Waals surface area contributed by atoms with Crippen LogP contribution in [0.5, 0.6) is 0 Å². The molecule has 0 radical (unpaired) electrons. The molecule has 0 amide bonds. The second kappa shape index (κ2) is 8.47. The molecule has 1 aromatic heterocycles. The monoisotopic (exact) mass is 310 g/mol. The van der Waals surface area contributed by atoms with Crippen molar-refractivity contribution in [2.24, 2.45) is 0 Å². The molecule has 5 heteroatoms. The molecule has 0 aliphatic heterocycles. The molecule has 0 bridgehead atoms. The molecular formula is C16H30N4S. The van der Waals surface area contributed by atoms with Crippen LogP contribution in [-0.2, 0) is 5.41 Å². The Morgan fingerprint density at radius 2 is 1.86 bits per heavy atom. The smallest absolute Gasteiger partial charge is 0.138 e. The summed E-state index contributed by atoms with van der Waals surface area (Å²) in [4.78, 5) is 9.37. The van der Waals surface area contributed by atoms with Crippen LogP contribution in [0.25, 0.3) is 0 Å². The van der Waals surface area contributed by atoms with Crippen LogP contribution < -0.4 is 10.6 Å². The standard InChI is InChI=1S/C16H30N4S/c1-7-9-17-13-10-14(18-12(8-2)11-21-6)20-15(19-13)16(3,4)5/h10,12H,7-9,11H2,1-6H3,(H2,17,18,19,20). The Hall–Kier alpha value is -0.970. The normalized spacial score (nSPS) is 13.0. The van der Waals surface area contributed by atoms with Gasteiger partial charge in [-0.25, -0.2) is 9.97 Å². The van der Waals surface area contributed by atoms with Gasteiger partial charge in [-0.05, 0) is 19.1 Å². The van der Waals surface area contributed by atoms with Crippen LogP contribution in [0.15, 0.2) is 6.07 Å². The van der Waals surface area contributed by atoms with Crippen molar-refractivity contribution in [2.45, 2.75) is 58.9 Å². The quantitative estimate of drug-likeness (QED) is 0.755. The van der Waals surface area contributed by atoms with Gasteiger partial charge in [0.25, 0.3) is 0 Å². The lowest BCUT2D eigenvalue weighted by Gasteiger charge is -2.21. The van der Waals surface area contributed by atoms with Gasteiger partial charge in [0.1, 0.15) is 17.5 Å². The summed E-state index contributed by atoms with van der Waals surface area (Å²) in [6, 6.07) is 2.47. The highest BCUT2D eigenvalue weighted by Gasteiger charge is 2.19. The molecule has 0 aromatic carbocycles. The highest BCUT2D eigenvalue weighted by atomic mass is 32.2. The van der Waals surface area contributed by atoms with Crippen LogP contribution >= 0.6 is 11.8 Å². The van der Waals surface area contributed by atoms with E-state index in [0.717, 1.165) is 42.6 Å². The van der Waals surface area contributed by atoms with E-state index < -0.39 is 0 Å². The van der Waals surface area contributed by atoms with E-state index in [4.69, 9.17) is 4.98 Å². The van der Waals surface area contributed by atoms with Crippen LogP contribution in [0, 0.1) is 0 Å². The minimum atomic E-state index is -0.0540. The number of thioether (sulfide) groups is 1. The molecule has 21 heavy (non-hydrogen) atoms. The molecule has 1 aromatic rings. The van der Waals surface area contributed by atoms with Crippen molar-refractivity contribution >= 4 is 23.4 Å². The van der Waals surface area contributed by atoms with E-state index >= 15 is 0 Å². The van der Waals surface area contributed by atoms with Crippen LogP contribution in [-0.4, -0.2) is 34.6 Å². The van der Waals surface area contributed by atoms with E-state index in [1.165, 1.54) is 0 Å². The minimum Gasteiger partial charge on any atom is -0.370 e. The molecule has 2 N–H and O–H groups in total. The predicted molar refractivity (Wildman–Crippen MR) is 95.6 cm³/mol. The Morgan fingerprint density at radius 1 is 1.19 bits per heavy atom. The second-order valence-corrected chi connectivity index (χ2v) is 7.25. The third-order valence-corrected chi connectivity index (χ3v) is 3.90. The van der Waals surface area contributed by atoms with Crippen LogP contribution in [0.2, 0.25) is 0 Å². The van der Waals surface area contributed by atoms with E-state index in [9.17, 15) is 0 Å². The Morgan fingerprint density at radius 3 is 2.38 bits per heavy atom. The largest absolute Gasteiger partial charge is 0.370 e. The fourth-order valence-electron chi connectivity index (χ4n) is 1.87.